The van der Waals surface area contributed by atoms with Crippen molar-refractivity contribution in [2.75, 3.05) is 20.2 Å². The van der Waals surface area contributed by atoms with Crippen molar-refractivity contribution in [3.8, 4) is 0 Å². The van der Waals surface area contributed by atoms with Crippen LogP contribution in [0.25, 0.3) is 0 Å². The first-order valence-corrected chi connectivity index (χ1v) is 7.83. The molecule has 0 amide bonds. The van der Waals surface area contributed by atoms with Gasteiger partial charge in [-0.1, -0.05) is 23.8 Å². The topological polar surface area (TPSA) is 83.9 Å². The number of esters is 1. The van der Waals surface area contributed by atoms with Crippen LogP contribution in [0.15, 0.2) is 40.8 Å². The number of hydrogen-bond acceptors (Lipinski definition) is 5. The fourth-order valence-corrected chi connectivity index (χ4v) is 3.48. The molecule has 2 rings (SSSR count). The van der Waals surface area contributed by atoms with E-state index in [0.717, 1.165) is 9.87 Å². The zero-order valence-electron chi connectivity index (χ0n) is 11.8. The van der Waals surface area contributed by atoms with Gasteiger partial charge in [0.1, 0.15) is 0 Å². The van der Waals surface area contributed by atoms with Crippen LogP contribution in [0.1, 0.15) is 5.56 Å². The second-order valence-electron chi connectivity index (χ2n) is 4.80. The molecular formula is C14H17NO5S. The Hall–Kier alpha value is -1.70. The summed E-state index contributed by atoms with van der Waals surface area (Å²) in [6, 6.07) is 6.47. The highest BCUT2D eigenvalue weighted by Crippen LogP contribution is 2.21. The Morgan fingerprint density at radius 3 is 2.48 bits per heavy atom. The van der Waals surface area contributed by atoms with E-state index in [-0.39, 0.29) is 23.6 Å². The van der Waals surface area contributed by atoms with Gasteiger partial charge in [-0.2, -0.15) is 4.31 Å². The summed E-state index contributed by atoms with van der Waals surface area (Å²) in [5, 5.41) is 9.92. The lowest BCUT2D eigenvalue weighted by atomic mass is 10.1. The van der Waals surface area contributed by atoms with Gasteiger partial charge in [-0.05, 0) is 19.1 Å². The second kappa shape index (κ2) is 5.97. The van der Waals surface area contributed by atoms with Crippen LogP contribution >= 0.6 is 0 Å². The van der Waals surface area contributed by atoms with Gasteiger partial charge in [0.2, 0.25) is 10.0 Å². The second-order valence-corrected chi connectivity index (χ2v) is 6.74. The molecular weight excluding hydrogens is 294 g/mol. The van der Waals surface area contributed by atoms with Crippen LogP contribution in [0.5, 0.6) is 0 Å². The van der Waals surface area contributed by atoms with Crippen molar-refractivity contribution < 1.29 is 23.1 Å². The zero-order chi connectivity index (χ0) is 15.6. The summed E-state index contributed by atoms with van der Waals surface area (Å²) >= 11 is 0. The maximum absolute atomic E-state index is 12.5. The number of ether oxygens (including phenoxy) is 1. The van der Waals surface area contributed by atoms with Gasteiger partial charge >= 0.3 is 5.97 Å². The third kappa shape index (κ3) is 3.15. The normalized spacial score (nSPS) is 20.0. The molecule has 0 aromatic heterocycles. The lowest BCUT2D eigenvalue weighted by molar-refractivity contribution is -0.137. The molecule has 6 nitrogen and oxygen atoms in total. The van der Waals surface area contributed by atoms with Gasteiger partial charge < -0.3 is 9.84 Å². The first-order valence-electron chi connectivity index (χ1n) is 6.39. The number of carbonyl (C=O) groups is 1. The Bertz CT molecular complexity index is 663. The van der Waals surface area contributed by atoms with Gasteiger partial charge in [0.15, 0.2) is 0 Å². The minimum atomic E-state index is -3.69. The number of benzene rings is 1. The number of carbonyl (C=O) groups excluding carboxylic acids is 1. The predicted octanol–water partition coefficient (Wildman–Crippen LogP) is 0.460. The molecule has 114 valence electrons. The minimum Gasteiger partial charge on any atom is -0.466 e. The van der Waals surface area contributed by atoms with E-state index < -0.39 is 22.1 Å². The molecule has 0 saturated carbocycles. The molecule has 1 unspecified atom stereocenters. The molecule has 1 aromatic rings. The summed E-state index contributed by atoms with van der Waals surface area (Å²) < 4.78 is 30.6. The summed E-state index contributed by atoms with van der Waals surface area (Å²) in [6.45, 7) is 1.72. The van der Waals surface area contributed by atoms with Crippen LogP contribution in [0.3, 0.4) is 0 Å². The van der Waals surface area contributed by atoms with Gasteiger partial charge in [-0.3, -0.25) is 0 Å². The molecule has 1 aliphatic rings. The number of β-amino-alcohol motifs (C(OH)–C–C–N with tert-alkyl or cyclic N) is 1. The van der Waals surface area contributed by atoms with Crippen molar-refractivity contribution in [3.63, 3.8) is 0 Å². The van der Waals surface area contributed by atoms with E-state index >= 15 is 0 Å². The fourth-order valence-electron chi connectivity index (χ4n) is 2.09. The summed E-state index contributed by atoms with van der Waals surface area (Å²) in [5.41, 5.74) is 1.05. The molecule has 0 bridgehead atoms. The van der Waals surface area contributed by atoms with Gasteiger partial charge in [0, 0.05) is 13.1 Å². The molecule has 0 spiro atoms. The van der Waals surface area contributed by atoms with E-state index in [9.17, 15) is 18.3 Å². The van der Waals surface area contributed by atoms with E-state index in [4.69, 9.17) is 0 Å². The average Bonchev–Trinajstić information content (AvgIpc) is 2.46. The highest BCUT2D eigenvalue weighted by Gasteiger charge is 2.32. The van der Waals surface area contributed by atoms with E-state index in [1.807, 2.05) is 6.92 Å². The van der Waals surface area contributed by atoms with Gasteiger partial charge in [-0.15, -0.1) is 0 Å². The van der Waals surface area contributed by atoms with Crippen molar-refractivity contribution in [2.45, 2.75) is 17.9 Å². The maximum Gasteiger partial charge on any atom is 0.336 e. The quantitative estimate of drug-likeness (QED) is 0.820. The smallest absolute Gasteiger partial charge is 0.336 e. The van der Waals surface area contributed by atoms with Crippen LogP contribution in [0.4, 0.5) is 0 Å². The average molecular weight is 311 g/mol. The lowest BCUT2D eigenvalue weighted by Crippen LogP contribution is -2.43. The SMILES string of the molecule is COC(=O)C1=CCN(S(=O)(=O)c2ccc(C)cc2)CC1O. The number of nitrogens with zero attached hydrogens (tertiary/aromatic N) is 1. The summed E-state index contributed by atoms with van der Waals surface area (Å²) in [6.07, 6.45) is 0.192. The largest absolute Gasteiger partial charge is 0.466 e. The third-order valence-corrected chi connectivity index (χ3v) is 5.18. The van der Waals surface area contributed by atoms with Gasteiger partial charge in [0.25, 0.3) is 0 Å². The van der Waals surface area contributed by atoms with Crippen LogP contribution in [0, 0.1) is 6.92 Å². The Morgan fingerprint density at radius 1 is 1.33 bits per heavy atom. The molecule has 1 atom stereocenters. The first-order chi connectivity index (χ1) is 9.86. The van der Waals surface area contributed by atoms with Crippen molar-refractivity contribution in [1.29, 1.82) is 0 Å². The number of sulfonamides is 1. The summed E-state index contributed by atoms with van der Waals surface area (Å²) in [5.74, 6) is -0.644. The van der Waals surface area contributed by atoms with E-state index in [1.165, 1.54) is 25.3 Å². The van der Waals surface area contributed by atoms with Gasteiger partial charge in [-0.25, -0.2) is 13.2 Å². The van der Waals surface area contributed by atoms with E-state index in [1.54, 1.807) is 12.1 Å². The van der Waals surface area contributed by atoms with Crippen molar-refractivity contribution in [2.24, 2.45) is 0 Å². The molecule has 7 heteroatoms. The molecule has 21 heavy (non-hydrogen) atoms. The van der Waals surface area contributed by atoms with Crippen LogP contribution < -0.4 is 0 Å². The zero-order valence-corrected chi connectivity index (χ0v) is 12.6. The van der Waals surface area contributed by atoms with Crippen molar-refractivity contribution in [3.05, 3.63) is 41.5 Å². The number of methoxy groups -OCH3 is 1. The number of rotatable bonds is 3. The first kappa shape index (κ1) is 15.7. The Balaban J connectivity index is 2.26. The molecule has 1 aromatic carbocycles. The lowest BCUT2D eigenvalue weighted by Gasteiger charge is -2.28. The summed E-state index contributed by atoms with van der Waals surface area (Å²) in [7, 11) is -2.48. The van der Waals surface area contributed by atoms with Gasteiger partial charge in [0.05, 0.1) is 23.7 Å². The van der Waals surface area contributed by atoms with E-state index in [0.29, 0.717) is 0 Å². The Labute approximate surface area is 123 Å². The number of aliphatic hydroxyl groups is 1. The van der Waals surface area contributed by atoms with E-state index in [2.05, 4.69) is 4.74 Å². The molecule has 1 heterocycles. The van der Waals surface area contributed by atoms with Crippen molar-refractivity contribution in [1.82, 2.24) is 4.31 Å². The number of aryl methyl sites for hydroxylation is 1. The molecule has 0 radical (unpaired) electrons. The molecule has 0 aliphatic carbocycles. The van der Waals surface area contributed by atoms with Crippen LogP contribution in [0.2, 0.25) is 0 Å². The molecule has 0 fully saturated rings. The third-order valence-electron chi connectivity index (χ3n) is 3.33. The van der Waals surface area contributed by atoms with Crippen LogP contribution in [-0.2, 0) is 19.6 Å². The predicted molar refractivity (Wildman–Crippen MR) is 76.0 cm³/mol. The van der Waals surface area contributed by atoms with Crippen LogP contribution in [-0.4, -0.2) is 50.1 Å². The highest BCUT2D eigenvalue weighted by atomic mass is 32.2. The monoisotopic (exact) mass is 311 g/mol. The molecule has 0 saturated heterocycles. The van der Waals surface area contributed by atoms with Crippen molar-refractivity contribution >= 4 is 16.0 Å². The highest BCUT2D eigenvalue weighted by molar-refractivity contribution is 7.89. The maximum atomic E-state index is 12.5. The number of hydrogen-bond donors (Lipinski definition) is 1. The standard InChI is InChI=1S/C14H17NO5S/c1-10-3-5-11(6-4-10)21(18,19)15-8-7-12(13(16)9-15)14(17)20-2/h3-7,13,16H,8-9H2,1-2H3. The number of aliphatic hydroxyl groups excluding tert-OH is 1. The molecule has 1 aliphatic heterocycles. The minimum absolute atomic E-state index is 0.0255. The Morgan fingerprint density at radius 2 is 1.95 bits per heavy atom. The Kier molecular flexibility index (Phi) is 4.46. The molecule has 1 N–H and O–H groups in total. The summed E-state index contributed by atoms with van der Waals surface area (Å²) in [4.78, 5) is 11.6. The fraction of sp³-hybridized carbons (Fsp3) is 0.357.